The van der Waals surface area contributed by atoms with Crippen LogP contribution in [0, 0.1) is 0 Å². The first kappa shape index (κ1) is 11.1. The third-order valence-corrected chi connectivity index (χ3v) is 2.91. The van der Waals surface area contributed by atoms with Crippen molar-refractivity contribution in [2.75, 3.05) is 11.9 Å². The minimum atomic E-state index is -0.354. The van der Waals surface area contributed by atoms with Gasteiger partial charge in [0.25, 0.3) is 0 Å². The van der Waals surface area contributed by atoms with Crippen LogP contribution in [0.4, 0.5) is 5.69 Å². The first-order valence-electron chi connectivity index (χ1n) is 4.61. The van der Waals surface area contributed by atoms with Crippen molar-refractivity contribution in [3.63, 3.8) is 0 Å². The third-order valence-electron chi connectivity index (χ3n) is 2.05. The summed E-state index contributed by atoms with van der Waals surface area (Å²) in [4.78, 5) is 10.6. The van der Waals surface area contributed by atoms with Gasteiger partial charge in [0.05, 0.1) is 22.4 Å². The molecule has 0 bridgehead atoms. The van der Waals surface area contributed by atoms with E-state index in [-0.39, 0.29) is 12.3 Å². The third kappa shape index (κ3) is 2.23. The molecular formula is C9H9ClN4OS. The number of carbonyl (C=O) groups excluding carboxylic acids is 1. The lowest BCUT2D eigenvalue weighted by molar-refractivity contribution is -0.117. The van der Waals surface area contributed by atoms with Crippen molar-refractivity contribution in [1.29, 1.82) is 0 Å². The second-order valence-electron chi connectivity index (χ2n) is 3.20. The predicted octanol–water partition coefficient (Wildman–Crippen LogP) is 1.63. The van der Waals surface area contributed by atoms with Crippen molar-refractivity contribution in [3.8, 4) is 0 Å². The SMILES string of the molecule is NC(=O)CCNc1c(Cl)ccc2nsnc12. The number of halogens is 1. The van der Waals surface area contributed by atoms with Gasteiger partial charge >= 0.3 is 0 Å². The molecule has 7 heteroatoms. The molecule has 84 valence electrons. The van der Waals surface area contributed by atoms with Crippen molar-refractivity contribution >= 4 is 46.0 Å². The summed E-state index contributed by atoms with van der Waals surface area (Å²) in [7, 11) is 0. The van der Waals surface area contributed by atoms with E-state index in [4.69, 9.17) is 17.3 Å². The normalized spacial score (nSPS) is 10.6. The molecule has 0 atom stereocenters. The molecule has 2 aromatic rings. The Morgan fingerprint density at radius 3 is 3.06 bits per heavy atom. The number of fused-ring (bicyclic) bond motifs is 1. The molecule has 0 aliphatic carbocycles. The van der Waals surface area contributed by atoms with Crippen molar-refractivity contribution in [2.24, 2.45) is 5.73 Å². The Morgan fingerprint density at radius 1 is 1.50 bits per heavy atom. The van der Waals surface area contributed by atoms with Gasteiger partial charge in [-0.3, -0.25) is 4.79 Å². The van der Waals surface area contributed by atoms with E-state index in [1.165, 1.54) is 0 Å². The predicted molar refractivity (Wildman–Crippen MR) is 64.7 cm³/mol. The Bertz CT molecular complexity index is 527. The molecule has 16 heavy (non-hydrogen) atoms. The summed E-state index contributed by atoms with van der Waals surface area (Å²) in [6.45, 7) is 0.436. The summed E-state index contributed by atoms with van der Waals surface area (Å²) in [5, 5.41) is 3.60. The minimum absolute atomic E-state index is 0.254. The van der Waals surface area contributed by atoms with E-state index < -0.39 is 0 Å². The van der Waals surface area contributed by atoms with Crippen molar-refractivity contribution in [3.05, 3.63) is 17.2 Å². The molecule has 0 saturated carbocycles. The zero-order valence-corrected chi connectivity index (χ0v) is 9.81. The Kier molecular flexibility index (Phi) is 3.21. The van der Waals surface area contributed by atoms with E-state index in [1.54, 1.807) is 12.1 Å². The van der Waals surface area contributed by atoms with Gasteiger partial charge in [0, 0.05) is 13.0 Å². The number of nitrogens with one attached hydrogen (secondary N) is 1. The molecule has 5 nitrogen and oxygen atoms in total. The number of anilines is 1. The first-order chi connectivity index (χ1) is 7.68. The summed E-state index contributed by atoms with van der Waals surface area (Å²) in [6, 6.07) is 3.55. The molecule has 1 amide bonds. The molecule has 0 spiro atoms. The van der Waals surface area contributed by atoms with Crippen LogP contribution >= 0.6 is 23.3 Å². The molecule has 0 unspecified atom stereocenters. The fraction of sp³-hybridized carbons (Fsp3) is 0.222. The summed E-state index contributed by atoms with van der Waals surface area (Å²) in [6.07, 6.45) is 0.254. The standard InChI is InChI=1S/C9H9ClN4OS/c10-5-1-2-6-9(14-16-13-6)8(5)12-4-3-7(11)15/h1-2,12H,3-4H2,(H2,11,15). The lowest BCUT2D eigenvalue weighted by Gasteiger charge is -2.07. The molecular weight excluding hydrogens is 248 g/mol. The van der Waals surface area contributed by atoms with Gasteiger partial charge < -0.3 is 11.1 Å². The fourth-order valence-electron chi connectivity index (χ4n) is 1.31. The molecule has 1 aromatic carbocycles. The minimum Gasteiger partial charge on any atom is -0.381 e. The van der Waals surface area contributed by atoms with Crippen LogP contribution in [0.15, 0.2) is 12.1 Å². The van der Waals surface area contributed by atoms with Crippen LogP contribution in [0.5, 0.6) is 0 Å². The average Bonchev–Trinajstić information content (AvgIpc) is 2.69. The van der Waals surface area contributed by atoms with Gasteiger partial charge in [-0.2, -0.15) is 8.75 Å². The summed E-state index contributed by atoms with van der Waals surface area (Å²) < 4.78 is 8.25. The number of benzene rings is 1. The molecule has 0 fully saturated rings. The highest BCUT2D eigenvalue weighted by molar-refractivity contribution is 7.00. The molecule has 0 radical (unpaired) electrons. The number of hydrogen-bond acceptors (Lipinski definition) is 5. The number of amides is 1. The molecule has 0 aliphatic rings. The van der Waals surface area contributed by atoms with Crippen LogP contribution < -0.4 is 11.1 Å². The number of carbonyl (C=O) groups is 1. The van der Waals surface area contributed by atoms with Gasteiger partial charge in [-0.15, -0.1) is 0 Å². The average molecular weight is 257 g/mol. The van der Waals surface area contributed by atoms with E-state index in [0.717, 1.165) is 22.8 Å². The van der Waals surface area contributed by atoms with Crippen molar-refractivity contribution in [2.45, 2.75) is 6.42 Å². The van der Waals surface area contributed by atoms with E-state index in [0.29, 0.717) is 17.3 Å². The molecule has 0 aliphatic heterocycles. The lowest BCUT2D eigenvalue weighted by atomic mass is 10.2. The topological polar surface area (TPSA) is 80.9 Å². The highest BCUT2D eigenvalue weighted by atomic mass is 35.5. The maximum atomic E-state index is 10.6. The van der Waals surface area contributed by atoms with Gasteiger partial charge in [0.2, 0.25) is 5.91 Å². The molecule has 0 saturated heterocycles. The van der Waals surface area contributed by atoms with Gasteiger partial charge in [-0.05, 0) is 12.1 Å². The largest absolute Gasteiger partial charge is 0.381 e. The number of aromatic nitrogens is 2. The molecule has 2 rings (SSSR count). The maximum absolute atomic E-state index is 10.6. The molecule has 3 N–H and O–H groups in total. The van der Waals surface area contributed by atoms with Crippen LogP contribution in [0.2, 0.25) is 5.02 Å². The first-order valence-corrected chi connectivity index (χ1v) is 5.72. The highest BCUT2D eigenvalue weighted by Crippen LogP contribution is 2.29. The van der Waals surface area contributed by atoms with E-state index in [1.807, 2.05) is 0 Å². The van der Waals surface area contributed by atoms with Crippen LogP contribution in [-0.4, -0.2) is 21.2 Å². The number of nitrogens with two attached hydrogens (primary N) is 1. The Morgan fingerprint density at radius 2 is 2.31 bits per heavy atom. The van der Waals surface area contributed by atoms with Crippen molar-refractivity contribution < 1.29 is 4.79 Å². The number of hydrogen-bond donors (Lipinski definition) is 2. The maximum Gasteiger partial charge on any atom is 0.219 e. The zero-order valence-electron chi connectivity index (χ0n) is 8.24. The summed E-state index contributed by atoms with van der Waals surface area (Å²) in [5.41, 5.74) is 7.26. The number of primary amides is 1. The van der Waals surface area contributed by atoms with Crippen LogP contribution in [0.1, 0.15) is 6.42 Å². The van der Waals surface area contributed by atoms with Crippen molar-refractivity contribution in [1.82, 2.24) is 8.75 Å². The van der Waals surface area contributed by atoms with E-state index in [9.17, 15) is 4.79 Å². The zero-order chi connectivity index (χ0) is 11.5. The number of nitrogens with zero attached hydrogens (tertiary/aromatic N) is 2. The van der Waals surface area contributed by atoms with Gasteiger partial charge in [0.15, 0.2) is 0 Å². The second kappa shape index (κ2) is 4.63. The summed E-state index contributed by atoms with van der Waals surface area (Å²) in [5.74, 6) is -0.354. The van der Waals surface area contributed by atoms with Crippen LogP contribution in [0.25, 0.3) is 11.0 Å². The Labute approximate surface area is 101 Å². The Hall–Kier alpha value is -1.40. The van der Waals surface area contributed by atoms with E-state index in [2.05, 4.69) is 14.1 Å². The quantitative estimate of drug-likeness (QED) is 0.871. The molecule has 1 heterocycles. The smallest absolute Gasteiger partial charge is 0.219 e. The highest BCUT2D eigenvalue weighted by Gasteiger charge is 2.09. The summed E-state index contributed by atoms with van der Waals surface area (Å²) >= 11 is 7.16. The second-order valence-corrected chi connectivity index (χ2v) is 4.13. The van der Waals surface area contributed by atoms with Gasteiger partial charge in [0.1, 0.15) is 11.0 Å². The fourth-order valence-corrected chi connectivity index (χ4v) is 2.07. The lowest BCUT2D eigenvalue weighted by Crippen LogP contribution is -2.16. The van der Waals surface area contributed by atoms with Gasteiger partial charge in [-0.1, -0.05) is 11.6 Å². The monoisotopic (exact) mass is 256 g/mol. The number of rotatable bonds is 4. The molecule has 1 aromatic heterocycles. The van der Waals surface area contributed by atoms with E-state index >= 15 is 0 Å². The van der Waals surface area contributed by atoms with Crippen LogP contribution in [0.3, 0.4) is 0 Å². The van der Waals surface area contributed by atoms with Gasteiger partial charge in [-0.25, -0.2) is 0 Å². The van der Waals surface area contributed by atoms with Crippen LogP contribution in [-0.2, 0) is 4.79 Å². The Balaban J connectivity index is 2.24.